The first-order valence-electron chi connectivity index (χ1n) is 6.63. The molecule has 0 saturated carbocycles. The molecule has 5 heteroatoms. The minimum Gasteiger partial charge on any atom is -0.444 e. The lowest BCUT2D eigenvalue weighted by molar-refractivity contribution is -0.0223. The van der Waals surface area contributed by atoms with Crippen molar-refractivity contribution in [3.63, 3.8) is 0 Å². The van der Waals surface area contributed by atoms with Crippen LogP contribution < -0.4 is 11.5 Å². The van der Waals surface area contributed by atoms with Crippen molar-refractivity contribution in [2.24, 2.45) is 11.5 Å². The molecule has 0 aromatic heterocycles. The van der Waals surface area contributed by atoms with Gasteiger partial charge in [0.15, 0.2) is 0 Å². The highest BCUT2D eigenvalue weighted by Crippen LogP contribution is 2.46. The summed E-state index contributed by atoms with van der Waals surface area (Å²) >= 11 is 0. The van der Waals surface area contributed by atoms with Crippen LogP contribution in [0.5, 0.6) is 0 Å². The molecule has 2 rings (SSSR count). The van der Waals surface area contributed by atoms with E-state index in [-0.39, 0.29) is 17.7 Å². The number of amides is 1. The van der Waals surface area contributed by atoms with Gasteiger partial charge in [0.05, 0.1) is 5.66 Å². The number of ether oxygens (including phenoxy) is 1. The molecular formula is C13H25N3O2. The monoisotopic (exact) mass is 255 g/mol. The highest BCUT2D eigenvalue weighted by Gasteiger charge is 2.55. The van der Waals surface area contributed by atoms with Crippen molar-refractivity contribution in [2.75, 3.05) is 0 Å². The summed E-state index contributed by atoms with van der Waals surface area (Å²) in [6.07, 6.45) is 2.97. The number of carbonyl (C=O) groups excluding carboxylic acids is 1. The Bertz CT molecular complexity index is 362. The summed E-state index contributed by atoms with van der Waals surface area (Å²) in [5.74, 6) is 0. The zero-order chi connectivity index (χ0) is 13.8. The fourth-order valence-corrected chi connectivity index (χ4v) is 3.44. The lowest BCUT2D eigenvalue weighted by Gasteiger charge is -2.48. The summed E-state index contributed by atoms with van der Waals surface area (Å²) in [6, 6.07) is 0.119. The topological polar surface area (TPSA) is 81.6 Å². The minimum absolute atomic E-state index is 0.119. The van der Waals surface area contributed by atoms with Crippen LogP contribution in [0.4, 0.5) is 4.79 Å². The molecule has 2 unspecified atom stereocenters. The van der Waals surface area contributed by atoms with Gasteiger partial charge in [-0.3, -0.25) is 4.90 Å². The molecule has 2 aliphatic rings. The van der Waals surface area contributed by atoms with Crippen LogP contribution in [0, 0.1) is 0 Å². The number of fused-ring (bicyclic) bond motifs is 2. The van der Waals surface area contributed by atoms with Crippen LogP contribution in [0.1, 0.15) is 53.4 Å². The fourth-order valence-electron chi connectivity index (χ4n) is 3.44. The van der Waals surface area contributed by atoms with Crippen LogP contribution in [-0.2, 0) is 4.74 Å². The molecule has 2 saturated heterocycles. The quantitative estimate of drug-likeness (QED) is 0.643. The first kappa shape index (κ1) is 13.6. The average Bonchev–Trinajstić information content (AvgIpc) is 2.30. The molecule has 2 aliphatic heterocycles. The van der Waals surface area contributed by atoms with Gasteiger partial charge in [-0.2, -0.15) is 0 Å². The average molecular weight is 255 g/mol. The van der Waals surface area contributed by atoms with Crippen LogP contribution in [0.3, 0.4) is 0 Å². The lowest BCUT2D eigenvalue weighted by atomic mass is 9.84. The number of nitrogens with two attached hydrogens (primary N) is 2. The molecule has 2 heterocycles. The van der Waals surface area contributed by atoms with Gasteiger partial charge in [-0.25, -0.2) is 4.79 Å². The molecule has 5 nitrogen and oxygen atoms in total. The second-order valence-electron chi connectivity index (χ2n) is 7.15. The first-order valence-corrected chi connectivity index (χ1v) is 6.63. The third-order valence-electron chi connectivity index (χ3n) is 3.88. The van der Waals surface area contributed by atoms with Crippen LogP contribution in [0.25, 0.3) is 0 Å². The Hall–Kier alpha value is -0.810. The van der Waals surface area contributed by atoms with E-state index in [9.17, 15) is 4.79 Å². The predicted molar refractivity (Wildman–Crippen MR) is 69.8 cm³/mol. The van der Waals surface area contributed by atoms with Crippen molar-refractivity contribution in [1.82, 2.24) is 4.90 Å². The maximum absolute atomic E-state index is 12.3. The first-order chi connectivity index (χ1) is 8.03. The summed E-state index contributed by atoms with van der Waals surface area (Å²) in [5, 5.41) is 0. The van der Waals surface area contributed by atoms with Crippen LogP contribution in [0.2, 0.25) is 0 Å². The highest BCUT2D eigenvalue weighted by atomic mass is 16.6. The van der Waals surface area contributed by atoms with Gasteiger partial charge in [-0.05, 0) is 47.0 Å². The number of nitrogens with zero attached hydrogens (tertiary/aromatic N) is 1. The number of hydrogen-bond donors (Lipinski definition) is 2. The number of hydrogen-bond acceptors (Lipinski definition) is 4. The summed E-state index contributed by atoms with van der Waals surface area (Å²) in [4.78, 5) is 14.2. The third kappa shape index (κ3) is 2.47. The molecule has 2 fully saturated rings. The van der Waals surface area contributed by atoms with Crippen LogP contribution >= 0.6 is 0 Å². The predicted octanol–water partition coefficient (Wildman–Crippen LogP) is 1.55. The number of rotatable bonds is 0. The van der Waals surface area contributed by atoms with Crippen molar-refractivity contribution in [3.8, 4) is 0 Å². The van der Waals surface area contributed by atoms with Gasteiger partial charge in [0.1, 0.15) is 5.60 Å². The molecule has 1 amide bonds. The van der Waals surface area contributed by atoms with Crippen molar-refractivity contribution >= 4 is 6.09 Å². The SMILES string of the molecule is CC(C)(C)OC(=O)N1C2CCC1(C)CC(N)(N)C2. The minimum atomic E-state index is -0.658. The molecule has 2 atom stereocenters. The smallest absolute Gasteiger partial charge is 0.410 e. The van der Waals surface area contributed by atoms with Crippen molar-refractivity contribution in [3.05, 3.63) is 0 Å². The second kappa shape index (κ2) is 3.84. The maximum atomic E-state index is 12.3. The van der Waals surface area contributed by atoms with E-state index in [2.05, 4.69) is 6.92 Å². The molecule has 0 radical (unpaired) electrons. The Kier molecular flexibility index (Phi) is 2.91. The molecule has 0 aromatic carbocycles. The van der Waals surface area contributed by atoms with E-state index in [1.54, 1.807) is 0 Å². The molecule has 4 N–H and O–H groups in total. The molecule has 0 spiro atoms. The van der Waals surface area contributed by atoms with E-state index in [0.29, 0.717) is 12.8 Å². The van der Waals surface area contributed by atoms with E-state index in [1.165, 1.54) is 0 Å². The Morgan fingerprint density at radius 3 is 2.50 bits per heavy atom. The van der Waals surface area contributed by atoms with E-state index in [0.717, 1.165) is 12.8 Å². The Labute approximate surface area is 109 Å². The van der Waals surface area contributed by atoms with Gasteiger partial charge < -0.3 is 16.2 Å². The standard InChI is InChI=1S/C13H25N3O2/c1-11(2,3)18-10(17)16-9-5-6-12(16,4)8-13(14,15)7-9/h9H,5-8,14-15H2,1-4H3. The Balaban J connectivity index is 2.18. The second-order valence-corrected chi connectivity index (χ2v) is 7.15. The van der Waals surface area contributed by atoms with E-state index < -0.39 is 11.3 Å². The van der Waals surface area contributed by atoms with Crippen molar-refractivity contribution in [2.45, 2.75) is 76.2 Å². The van der Waals surface area contributed by atoms with Gasteiger partial charge in [0.25, 0.3) is 0 Å². The zero-order valence-electron chi connectivity index (χ0n) is 11.8. The van der Waals surface area contributed by atoms with E-state index >= 15 is 0 Å². The van der Waals surface area contributed by atoms with Crippen molar-refractivity contribution < 1.29 is 9.53 Å². The summed E-state index contributed by atoms with van der Waals surface area (Å²) in [7, 11) is 0. The summed E-state index contributed by atoms with van der Waals surface area (Å²) in [6.45, 7) is 7.71. The normalized spacial score (nSPS) is 34.6. The zero-order valence-corrected chi connectivity index (χ0v) is 11.8. The number of carbonyl (C=O) groups is 1. The molecule has 2 bridgehead atoms. The van der Waals surface area contributed by atoms with Gasteiger partial charge in [0.2, 0.25) is 0 Å². The fraction of sp³-hybridized carbons (Fsp3) is 0.923. The molecule has 104 valence electrons. The van der Waals surface area contributed by atoms with Gasteiger partial charge in [0, 0.05) is 18.0 Å². The molecular weight excluding hydrogens is 230 g/mol. The van der Waals surface area contributed by atoms with Gasteiger partial charge in [-0.1, -0.05) is 0 Å². The lowest BCUT2D eigenvalue weighted by Crippen LogP contribution is -2.66. The Morgan fingerprint density at radius 1 is 1.39 bits per heavy atom. The number of piperidine rings is 1. The largest absolute Gasteiger partial charge is 0.444 e. The highest BCUT2D eigenvalue weighted by molar-refractivity contribution is 5.70. The Morgan fingerprint density at radius 2 is 2.00 bits per heavy atom. The summed E-state index contributed by atoms with van der Waals surface area (Å²) in [5.41, 5.74) is 10.8. The van der Waals surface area contributed by atoms with Gasteiger partial charge >= 0.3 is 6.09 Å². The van der Waals surface area contributed by atoms with E-state index in [4.69, 9.17) is 16.2 Å². The van der Waals surface area contributed by atoms with Crippen molar-refractivity contribution in [1.29, 1.82) is 0 Å². The third-order valence-corrected chi connectivity index (χ3v) is 3.88. The van der Waals surface area contributed by atoms with Crippen LogP contribution in [0.15, 0.2) is 0 Å². The van der Waals surface area contributed by atoms with E-state index in [1.807, 2.05) is 25.7 Å². The van der Waals surface area contributed by atoms with Crippen LogP contribution in [-0.4, -0.2) is 33.8 Å². The molecule has 0 aromatic rings. The summed E-state index contributed by atoms with van der Waals surface area (Å²) < 4.78 is 5.50. The maximum Gasteiger partial charge on any atom is 0.410 e. The molecule has 0 aliphatic carbocycles. The molecule has 18 heavy (non-hydrogen) atoms. The van der Waals surface area contributed by atoms with Gasteiger partial charge in [-0.15, -0.1) is 0 Å².